The Bertz CT molecular complexity index is 720. The second-order valence-electron chi connectivity index (χ2n) is 9.17. The Kier molecular flexibility index (Phi) is 7.28. The first-order valence-corrected chi connectivity index (χ1v) is 15.3. The van der Waals surface area contributed by atoms with Gasteiger partial charge in [0, 0.05) is 13.0 Å². The largest absolute Gasteiger partial charge is 0.407 e. The summed E-state index contributed by atoms with van der Waals surface area (Å²) >= 11 is 0. The Morgan fingerprint density at radius 2 is 1.30 bits per heavy atom. The van der Waals surface area contributed by atoms with E-state index < -0.39 is 16.4 Å². The zero-order chi connectivity index (χ0) is 20.0. The van der Waals surface area contributed by atoms with Crippen LogP contribution in [-0.4, -0.2) is 23.0 Å². The third-order valence-electron chi connectivity index (χ3n) is 4.64. The summed E-state index contributed by atoms with van der Waals surface area (Å²) in [5.74, 6) is 3.38. The lowest BCUT2D eigenvalue weighted by Crippen LogP contribution is -2.66. The van der Waals surface area contributed by atoms with Crippen molar-refractivity contribution in [3.8, 4) is 11.5 Å². The number of benzene rings is 2. The van der Waals surface area contributed by atoms with Crippen LogP contribution in [0.25, 0.3) is 0 Å². The van der Waals surface area contributed by atoms with Crippen LogP contribution in [0.5, 0.6) is 0 Å². The lowest BCUT2D eigenvalue weighted by Gasteiger charge is -2.43. The number of rotatable bonds is 6. The first-order chi connectivity index (χ1) is 12.7. The molecule has 0 N–H and O–H groups in total. The van der Waals surface area contributed by atoms with Gasteiger partial charge in [0.05, 0.1) is 0 Å². The summed E-state index contributed by atoms with van der Waals surface area (Å²) in [7, 11) is -3.67. The zero-order valence-electron chi connectivity index (χ0n) is 17.8. The van der Waals surface area contributed by atoms with Crippen LogP contribution in [-0.2, 0) is 4.43 Å². The van der Waals surface area contributed by atoms with Gasteiger partial charge in [-0.15, -0.1) is 11.5 Å². The number of unbranched alkanes of at least 4 members (excludes halogenated alkanes) is 1. The molecule has 0 aliphatic heterocycles. The topological polar surface area (TPSA) is 9.23 Å². The zero-order valence-corrected chi connectivity index (χ0v) is 19.8. The van der Waals surface area contributed by atoms with Crippen molar-refractivity contribution in [3.63, 3.8) is 0 Å². The molecule has 2 aromatic rings. The van der Waals surface area contributed by atoms with Gasteiger partial charge in [0.25, 0.3) is 8.32 Å². The van der Waals surface area contributed by atoms with Gasteiger partial charge in [-0.3, -0.25) is 0 Å². The van der Waals surface area contributed by atoms with E-state index in [2.05, 4.69) is 113 Å². The van der Waals surface area contributed by atoms with Crippen molar-refractivity contribution in [1.29, 1.82) is 0 Å². The maximum Gasteiger partial charge on any atom is 0.261 e. The Hall–Kier alpha value is -1.61. The average Bonchev–Trinajstić information content (AvgIpc) is 2.61. The maximum atomic E-state index is 6.88. The minimum atomic E-state index is -2.39. The van der Waals surface area contributed by atoms with Crippen LogP contribution in [0.1, 0.15) is 33.6 Å². The van der Waals surface area contributed by atoms with Gasteiger partial charge in [-0.2, -0.15) is 0 Å². The van der Waals surface area contributed by atoms with E-state index in [4.69, 9.17) is 4.43 Å². The smallest absolute Gasteiger partial charge is 0.261 e. The molecule has 0 heterocycles. The van der Waals surface area contributed by atoms with Crippen molar-refractivity contribution in [2.45, 2.75) is 58.3 Å². The summed E-state index contributed by atoms with van der Waals surface area (Å²) in [6.07, 6.45) is 1.91. The molecule has 0 aliphatic carbocycles. The van der Waals surface area contributed by atoms with Crippen LogP contribution >= 0.6 is 0 Å². The molecule has 0 unspecified atom stereocenters. The molecule has 3 heteroatoms. The van der Waals surface area contributed by atoms with E-state index in [1.165, 1.54) is 10.4 Å². The van der Waals surface area contributed by atoms with E-state index in [1.807, 2.05) is 0 Å². The highest BCUT2D eigenvalue weighted by Crippen LogP contribution is 2.36. The van der Waals surface area contributed by atoms with E-state index in [-0.39, 0.29) is 5.04 Å². The van der Waals surface area contributed by atoms with E-state index in [1.54, 1.807) is 0 Å². The lowest BCUT2D eigenvalue weighted by molar-refractivity contribution is 0.293. The Labute approximate surface area is 168 Å². The van der Waals surface area contributed by atoms with Crippen molar-refractivity contribution in [3.05, 3.63) is 60.7 Å². The molecular weight excluding hydrogens is 360 g/mol. The van der Waals surface area contributed by atoms with Crippen LogP contribution < -0.4 is 10.4 Å². The average molecular weight is 395 g/mol. The maximum absolute atomic E-state index is 6.88. The molecule has 2 aromatic carbocycles. The molecule has 0 saturated carbocycles. The Morgan fingerprint density at radius 1 is 0.815 bits per heavy atom. The van der Waals surface area contributed by atoms with Gasteiger partial charge in [-0.25, -0.2) is 0 Å². The fourth-order valence-electron chi connectivity index (χ4n) is 3.48. The highest BCUT2D eigenvalue weighted by atomic mass is 28.4. The summed E-state index contributed by atoms with van der Waals surface area (Å²) in [5, 5.41) is 2.73. The lowest BCUT2D eigenvalue weighted by atomic mass is 10.2. The molecule has 0 atom stereocenters. The van der Waals surface area contributed by atoms with Crippen LogP contribution in [0.2, 0.25) is 24.7 Å². The van der Waals surface area contributed by atoms with Crippen molar-refractivity contribution in [1.82, 2.24) is 0 Å². The molecule has 0 saturated heterocycles. The summed E-state index contributed by atoms with van der Waals surface area (Å²) < 4.78 is 6.88. The molecular formula is C24H34OSi2. The monoisotopic (exact) mass is 394 g/mol. The quantitative estimate of drug-likeness (QED) is 0.370. The predicted molar refractivity (Wildman–Crippen MR) is 124 cm³/mol. The fourth-order valence-corrected chi connectivity index (χ4v) is 8.74. The van der Waals surface area contributed by atoms with Crippen LogP contribution in [0.4, 0.5) is 0 Å². The van der Waals surface area contributed by atoms with Gasteiger partial charge in [0.15, 0.2) is 0 Å². The van der Waals surface area contributed by atoms with E-state index in [0.29, 0.717) is 0 Å². The number of hydrogen-bond acceptors (Lipinski definition) is 1. The molecule has 1 nitrogen and oxygen atoms in total. The molecule has 144 valence electrons. The number of hydrogen-bond donors (Lipinski definition) is 0. The third kappa shape index (κ3) is 5.68. The highest BCUT2D eigenvalue weighted by molar-refractivity contribution is 6.99. The van der Waals surface area contributed by atoms with Gasteiger partial charge in [-0.1, -0.05) is 101 Å². The summed E-state index contributed by atoms with van der Waals surface area (Å²) in [6.45, 7) is 14.6. The predicted octanol–water partition coefficient (Wildman–Crippen LogP) is 5.22. The van der Waals surface area contributed by atoms with Crippen LogP contribution in [0, 0.1) is 11.5 Å². The van der Waals surface area contributed by atoms with Crippen LogP contribution in [0.15, 0.2) is 60.7 Å². The minimum absolute atomic E-state index is 0.0414. The molecule has 0 aliphatic rings. The van der Waals surface area contributed by atoms with Gasteiger partial charge < -0.3 is 4.43 Å². The van der Waals surface area contributed by atoms with Crippen molar-refractivity contribution >= 4 is 26.8 Å². The first-order valence-electron chi connectivity index (χ1n) is 9.92. The SMILES string of the molecule is CC(C)(C)[Si](OCCCC#C[Si](C)(C)C)(c1ccccc1)c1ccccc1. The Balaban J connectivity index is 2.31. The standard InChI is InChI=1S/C24H34OSi2/c1-24(2,3)27(22-16-10-7-11-17-22,23-18-12-8-13-19-23)25-20-14-9-15-21-26(4,5)6/h7-8,10-13,16-19H,9,14,20H2,1-6H3. The van der Waals surface area contributed by atoms with Crippen molar-refractivity contribution < 1.29 is 4.43 Å². The van der Waals surface area contributed by atoms with E-state index in [0.717, 1.165) is 19.4 Å². The molecule has 0 radical (unpaired) electrons. The second kappa shape index (κ2) is 9.06. The summed E-state index contributed by atoms with van der Waals surface area (Å²) in [6, 6.07) is 21.7. The Morgan fingerprint density at radius 3 is 1.70 bits per heavy atom. The fraction of sp³-hybridized carbons (Fsp3) is 0.417. The van der Waals surface area contributed by atoms with Gasteiger partial charge in [0.2, 0.25) is 0 Å². The van der Waals surface area contributed by atoms with Gasteiger partial charge in [0.1, 0.15) is 8.07 Å². The molecule has 0 fully saturated rings. The normalized spacial score (nSPS) is 12.4. The van der Waals surface area contributed by atoms with Crippen molar-refractivity contribution in [2.24, 2.45) is 0 Å². The first kappa shape index (κ1) is 21.7. The van der Waals surface area contributed by atoms with E-state index in [9.17, 15) is 0 Å². The molecule has 0 aromatic heterocycles. The van der Waals surface area contributed by atoms with Gasteiger partial charge in [-0.05, 0) is 21.8 Å². The molecule has 0 amide bonds. The minimum Gasteiger partial charge on any atom is -0.407 e. The molecule has 2 rings (SSSR count). The van der Waals surface area contributed by atoms with Crippen molar-refractivity contribution in [2.75, 3.05) is 6.61 Å². The highest BCUT2D eigenvalue weighted by Gasteiger charge is 2.49. The van der Waals surface area contributed by atoms with E-state index >= 15 is 0 Å². The van der Waals surface area contributed by atoms with Gasteiger partial charge >= 0.3 is 0 Å². The molecule has 0 bridgehead atoms. The summed E-state index contributed by atoms with van der Waals surface area (Å²) in [4.78, 5) is 0. The molecule has 0 spiro atoms. The third-order valence-corrected chi connectivity index (χ3v) is 10.6. The molecule has 27 heavy (non-hydrogen) atoms. The second-order valence-corrected chi connectivity index (χ2v) is 18.2. The summed E-state index contributed by atoms with van der Waals surface area (Å²) in [5.41, 5.74) is 3.46. The van der Waals surface area contributed by atoms with Crippen LogP contribution in [0.3, 0.4) is 0 Å².